The van der Waals surface area contributed by atoms with Crippen LogP contribution >= 0.6 is 11.3 Å². The molecule has 0 bridgehead atoms. The number of hydrogen-bond acceptors (Lipinski definition) is 6. The van der Waals surface area contributed by atoms with Crippen LogP contribution in [0.2, 0.25) is 0 Å². The van der Waals surface area contributed by atoms with Crippen LogP contribution in [0.3, 0.4) is 0 Å². The Labute approximate surface area is 276 Å². The predicted octanol–water partition coefficient (Wildman–Crippen LogP) is 7.07. The molecule has 232 valence electrons. The molecule has 2 aliphatic rings. The van der Waals surface area contributed by atoms with Gasteiger partial charge < -0.3 is 14.2 Å². The molecule has 1 aliphatic heterocycles. The molecule has 8 rings (SSSR count). The van der Waals surface area contributed by atoms with Gasteiger partial charge in [0.15, 0.2) is 16.3 Å². The van der Waals surface area contributed by atoms with Gasteiger partial charge in [-0.25, -0.2) is 4.99 Å². The van der Waals surface area contributed by atoms with Crippen molar-refractivity contribution in [1.29, 1.82) is 0 Å². The SMILES string of the molecule is COc1ccc([C@@H]2C3=C(N=c4s/c(=C/c5ccc(OCc6cccc7ccccc67)c(OC)c5)c(=O)n42)c2ccccc2CC3)cc1. The molecule has 7 heteroatoms. The van der Waals surface area contributed by atoms with Gasteiger partial charge in [-0.3, -0.25) is 9.36 Å². The third-order valence-electron chi connectivity index (χ3n) is 9.05. The molecule has 0 saturated carbocycles. The first-order chi connectivity index (χ1) is 23.1. The van der Waals surface area contributed by atoms with E-state index in [1.807, 2.05) is 59.2 Å². The van der Waals surface area contributed by atoms with Crippen LogP contribution in [0.4, 0.5) is 0 Å². The van der Waals surface area contributed by atoms with Crippen molar-refractivity contribution in [1.82, 2.24) is 4.57 Å². The summed E-state index contributed by atoms with van der Waals surface area (Å²) in [6, 6.07) is 36.5. The van der Waals surface area contributed by atoms with Crippen molar-refractivity contribution in [3.05, 3.63) is 162 Å². The van der Waals surface area contributed by atoms with Crippen LogP contribution in [0, 0.1) is 0 Å². The zero-order chi connectivity index (χ0) is 31.9. The molecule has 6 aromatic rings. The van der Waals surface area contributed by atoms with E-state index < -0.39 is 0 Å². The van der Waals surface area contributed by atoms with Crippen LogP contribution < -0.4 is 29.1 Å². The molecule has 1 aliphatic carbocycles. The Morgan fingerprint density at radius 3 is 2.51 bits per heavy atom. The number of thiazole rings is 1. The summed E-state index contributed by atoms with van der Waals surface area (Å²) in [6.07, 6.45) is 3.67. The smallest absolute Gasteiger partial charge is 0.271 e. The summed E-state index contributed by atoms with van der Waals surface area (Å²) in [7, 11) is 3.30. The lowest BCUT2D eigenvalue weighted by molar-refractivity contribution is 0.285. The molecule has 47 heavy (non-hydrogen) atoms. The molecule has 6 nitrogen and oxygen atoms in total. The minimum Gasteiger partial charge on any atom is -0.497 e. The Balaban J connectivity index is 1.18. The fourth-order valence-electron chi connectivity index (χ4n) is 6.73. The maximum Gasteiger partial charge on any atom is 0.271 e. The van der Waals surface area contributed by atoms with Crippen molar-refractivity contribution >= 4 is 33.9 Å². The van der Waals surface area contributed by atoms with E-state index in [4.69, 9.17) is 19.2 Å². The number of rotatable bonds is 7. The molecule has 0 amide bonds. The Kier molecular flexibility index (Phi) is 7.46. The summed E-state index contributed by atoms with van der Waals surface area (Å²) in [5.74, 6) is 2.03. The summed E-state index contributed by atoms with van der Waals surface area (Å²) in [4.78, 5) is 20.0. The van der Waals surface area contributed by atoms with Crippen LogP contribution in [0.1, 0.15) is 40.3 Å². The van der Waals surface area contributed by atoms with Crippen molar-refractivity contribution < 1.29 is 14.2 Å². The summed E-state index contributed by atoms with van der Waals surface area (Å²) >= 11 is 1.42. The normalized spacial score (nSPS) is 15.4. The maximum atomic E-state index is 14.2. The molecule has 2 heterocycles. The summed E-state index contributed by atoms with van der Waals surface area (Å²) in [6.45, 7) is 0.412. The fourth-order valence-corrected chi connectivity index (χ4v) is 7.73. The van der Waals surface area contributed by atoms with Crippen LogP contribution in [0.5, 0.6) is 17.2 Å². The number of allylic oxidation sites excluding steroid dienone is 1. The van der Waals surface area contributed by atoms with Gasteiger partial charge in [0.2, 0.25) is 0 Å². The topological polar surface area (TPSA) is 62.0 Å². The van der Waals surface area contributed by atoms with Crippen molar-refractivity contribution in [3.8, 4) is 17.2 Å². The van der Waals surface area contributed by atoms with Gasteiger partial charge >= 0.3 is 0 Å². The summed E-state index contributed by atoms with van der Waals surface area (Å²) < 4.78 is 19.9. The number of nitrogens with zero attached hydrogens (tertiary/aromatic N) is 2. The van der Waals surface area contributed by atoms with E-state index in [0.717, 1.165) is 46.5 Å². The number of fused-ring (bicyclic) bond motifs is 4. The average Bonchev–Trinajstić information content (AvgIpc) is 3.43. The van der Waals surface area contributed by atoms with Crippen LogP contribution in [-0.4, -0.2) is 18.8 Å². The molecule has 0 fully saturated rings. The molecule has 0 unspecified atom stereocenters. The average molecular weight is 637 g/mol. The first-order valence-electron chi connectivity index (χ1n) is 15.7. The Hall–Kier alpha value is -5.40. The van der Waals surface area contributed by atoms with Gasteiger partial charge in [0.25, 0.3) is 5.56 Å². The van der Waals surface area contributed by atoms with Crippen LogP contribution in [0.15, 0.2) is 125 Å². The highest BCUT2D eigenvalue weighted by Crippen LogP contribution is 2.41. The van der Waals surface area contributed by atoms with E-state index in [-0.39, 0.29) is 11.6 Å². The zero-order valence-corrected chi connectivity index (χ0v) is 26.9. The molecule has 0 saturated heterocycles. The molecule has 1 aromatic heterocycles. The number of hydrogen-bond donors (Lipinski definition) is 0. The van der Waals surface area contributed by atoms with Gasteiger partial charge in [0.1, 0.15) is 12.4 Å². The number of benzene rings is 5. The Bertz CT molecular complexity index is 2360. The highest BCUT2D eigenvalue weighted by Gasteiger charge is 2.32. The fraction of sp³-hybridized carbons (Fsp3) is 0.150. The number of aromatic nitrogens is 1. The van der Waals surface area contributed by atoms with Gasteiger partial charge in [0, 0.05) is 5.56 Å². The van der Waals surface area contributed by atoms with E-state index in [1.165, 1.54) is 33.2 Å². The second-order valence-electron chi connectivity index (χ2n) is 11.7. The quantitative estimate of drug-likeness (QED) is 0.188. The molecular weight excluding hydrogens is 605 g/mol. The largest absolute Gasteiger partial charge is 0.497 e. The molecule has 0 spiro atoms. The van der Waals surface area contributed by atoms with Crippen molar-refractivity contribution in [2.24, 2.45) is 4.99 Å². The highest BCUT2D eigenvalue weighted by molar-refractivity contribution is 7.07. The van der Waals surface area contributed by atoms with Crippen LogP contribution in [-0.2, 0) is 13.0 Å². The third-order valence-corrected chi connectivity index (χ3v) is 10.0. The van der Waals surface area contributed by atoms with E-state index in [9.17, 15) is 4.79 Å². The Morgan fingerprint density at radius 2 is 1.66 bits per heavy atom. The number of aryl methyl sites for hydroxylation is 1. The maximum absolute atomic E-state index is 14.2. The lowest BCUT2D eigenvalue weighted by Crippen LogP contribution is -2.38. The van der Waals surface area contributed by atoms with Gasteiger partial charge in [-0.05, 0) is 81.8 Å². The minimum atomic E-state index is -0.248. The first kappa shape index (κ1) is 29.0. The van der Waals surface area contributed by atoms with Gasteiger partial charge in [-0.15, -0.1) is 0 Å². The number of methoxy groups -OCH3 is 2. The van der Waals surface area contributed by atoms with Crippen molar-refractivity contribution in [2.75, 3.05) is 14.2 Å². The van der Waals surface area contributed by atoms with E-state index >= 15 is 0 Å². The molecular formula is C40H32N2O4S. The predicted molar refractivity (Wildman–Crippen MR) is 187 cm³/mol. The zero-order valence-electron chi connectivity index (χ0n) is 26.1. The Morgan fingerprint density at radius 1 is 0.851 bits per heavy atom. The monoisotopic (exact) mass is 636 g/mol. The van der Waals surface area contributed by atoms with Crippen molar-refractivity contribution in [2.45, 2.75) is 25.5 Å². The van der Waals surface area contributed by atoms with Crippen molar-refractivity contribution in [3.63, 3.8) is 0 Å². The van der Waals surface area contributed by atoms with E-state index in [1.54, 1.807) is 14.2 Å². The van der Waals surface area contributed by atoms with E-state index in [0.29, 0.717) is 27.4 Å². The summed E-state index contributed by atoms with van der Waals surface area (Å²) in [5, 5.41) is 2.34. The first-order valence-corrected chi connectivity index (χ1v) is 16.5. The second kappa shape index (κ2) is 12.1. The van der Waals surface area contributed by atoms with E-state index in [2.05, 4.69) is 60.7 Å². The van der Waals surface area contributed by atoms with Gasteiger partial charge in [-0.2, -0.15) is 0 Å². The minimum absolute atomic E-state index is 0.0600. The third kappa shape index (κ3) is 5.22. The second-order valence-corrected chi connectivity index (χ2v) is 12.7. The lowest BCUT2D eigenvalue weighted by atomic mass is 9.83. The van der Waals surface area contributed by atoms with Crippen LogP contribution in [0.25, 0.3) is 22.5 Å². The highest BCUT2D eigenvalue weighted by atomic mass is 32.1. The van der Waals surface area contributed by atoms with Gasteiger partial charge in [0.05, 0.1) is 30.5 Å². The summed E-state index contributed by atoms with van der Waals surface area (Å²) in [5.41, 5.74) is 7.51. The standard InChI is InChI=1S/C40H32N2O4S/c1-44-30-18-15-28(16-19-30)38-33-20-17-27-9-4-6-13-32(27)37(33)41-40-42(38)39(43)36(47-40)23-25-14-21-34(35(22-25)45-2)46-24-29-11-7-10-26-8-3-5-12-31(26)29/h3-16,18-19,21-23,38H,17,20,24H2,1-2H3/b36-23+/t38-/m1/s1. The van der Waals surface area contributed by atoms with Gasteiger partial charge in [-0.1, -0.05) is 96.3 Å². The number of ether oxygens (including phenoxy) is 3. The molecule has 1 atom stereocenters. The molecule has 0 N–H and O–H groups in total. The molecule has 0 radical (unpaired) electrons. The lowest BCUT2D eigenvalue weighted by Gasteiger charge is -2.30. The molecule has 5 aromatic carbocycles.